The summed E-state index contributed by atoms with van der Waals surface area (Å²) in [5.74, 6) is -1.39. The van der Waals surface area contributed by atoms with E-state index in [0.29, 0.717) is 5.69 Å². The van der Waals surface area contributed by atoms with Gasteiger partial charge in [0.2, 0.25) is 0 Å². The van der Waals surface area contributed by atoms with E-state index in [2.05, 4.69) is 5.32 Å². The molecule has 172 valence electrons. The van der Waals surface area contributed by atoms with Crippen molar-refractivity contribution in [3.8, 4) is 0 Å². The standard InChI is InChI=1S/C24H23ClN2O5S/c1-2-27(19-11-7-4-8-12-19)33(30,31)20-13-14-22(25)21(15-20)24(29)32-17-23(28)26-16-18-9-5-3-6-10-18/h3-15H,2,16-17H2,1H3,(H,26,28). The number of esters is 1. The molecule has 0 atom stereocenters. The fraction of sp³-hybridized carbons (Fsp3) is 0.167. The second-order valence-electron chi connectivity index (χ2n) is 6.99. The number of nitrogens with zero attached hydrogens (tertiary/aromatic N) is 1. The van der Waals surface area contributed by atoms with Crippen LogP contribution in [0.5, 0.6) is 0 Å². The lowest BCUT2D eigenvalue weighted by Gasteiger charge is -2.23. The fourth-order valence-electron chi connectivity index (χ4n) is 3.09. The third-order valence-electron chi connectivity index (χ3n) is 4.74. The molecule has 0 spiro atoms. The molecule has 0 aliphatic carbocycles. The molecular formula is C24H23ClN2O5S. The molecule has 0 bridgehead atoms. The minimum atomic E-state index is -3.96. The Balaban J connectivity index is 1.71. The first kappa shape index (κ1) is 24.3. The second kappa shape index (κ2) is 11.0. The van der Waals surface area contributed by atoms with Crippen molar-refractivity contribution >= 4 is 39.2 Å². The van der Waals surface area contributed by atoms with Crippen LogP contribution in [0, 0.1) is 0 Å². The molecule has 3 aromatic rings. The van der Waals surface area contributed by atoms with E-state index < -0.39 is 28.5 Å². The highest BCUT2D eigenvalue weighted by Crippen LogP contribution is 2.27. The lowest BCUT2D eigenvalue weighted by molar-refractivity contribution is -0.124. The fourth-order valence-corrected chi connectivity index (χ4v) is 4.79. The van der Waals surface area contributed by atoms with E-state index in [4.69, 9.17) is 16.3 Å². The van der Waals surface area contributed by atoms with Gasteiger partial charge in [-0.05, 0) is 42.8 Å². The summed E-state index contributed by atoms with van der Waals surface area (Å²) in [6.07, 6.45) is 0. The summed E-state index contributed by atoms with van der Waals surface area (Å²) in [5, 5.41) is 2.66. The Morgan fingerprint density at radius 3 is 2.24 bits per heavy atom. The molecule has 0 unspecified atom stereocenters. The van der Waals surface area contributed by atoms with Crippen LogP contribution < -0.4 is 9.62 Å². The van der Waals surface area contributed by atoms with E-state index in [1.165, 1.54) is 16.4 Å². The van der Waals surface area contributed by atoms with Gasteiger partial charge in [0.25, 0.3) is 15.9 Å². The zero-order valence-corrected chi connectivity index (χ0v) is 19.5. The molecule has 1 amide bonds. The number of amides is 1. The van der Waals surface area contributed by atoms with Crippen LogP contribution in [0.4, 0.5) is 5.69 Å². The lowest BCUT2D eigenvalue weighted by Crippen LogP contribution is -2.31. The third kappa shape index (κ3) is 6.12. The van der Waals surface area contributed by atoms with Gasteiger partial charge < -0.3 is 10.1 Å². The predicted molar refractivity (Wildman–Crippen MR) is 127 cm³/mol. The summed E-state index contributed by atoms with van der Waals surface area (Å²) in [4.78, 5) is 24.4. The average Bonchev–Trinajstić information content (AvgIpc) is 2.83. The smallest absolute Gasteiger partial charge is 0.340 e. The Hall–Kier alpha value is -3.36. The van der Waals surface area contributed by atoms with Gasteiger partial charge in [0, 0.05) is 13.1 Å². The van der Waals surface area contributed by atoms with E-state index in [-0.39, 0.29) is 28.6 Å². The number of carbonyl (C=O) groups is 2. The maximum atomic E-state index is 13.2. The number of hydrogen-bond acceptors (Lipinski definition) is 5. The molecule has 1 N–H and O–H groups in total. The summed E-state index contributed by atoms with van der Waals surface area (Å²) >= 11 is 6.12. The van der Waals surface area contributed by atoms with Crippen molar-refractivity contribution in [2.24, 2.45) is 0 Å². The zero-order chi connectivity index (χ0) is 23.8. The van der Waals surface area contributed by atoms with E-state index in [9.17, 15) is 18.0 Å². The number of sulfonamides is 1. The molecule has 3 rings (SSSR count). The summed E-state index contributed by atoms with van der Waals surface area (Å²) in [7, 11) is -3.96. The normalized spacial score (nSPS) is 11.0. The second-order valence-corrected chi connectivity index (χ2v) is 9.25. The first-order valence-corrected chi connectivity index (χ1v) is 12.0. The highest BCUT2D eigenvalue weighted by Gasteiger charge is 2.26. The summed E-state index contributed by atoms with van der Waals surface area (Å²) in [6.45, 7) is 1.67. The molecule has 0 saturated heterocycles. The largest absolute Gasteiger partial charge is 0.452 e. The Kier molecular flexibility index (Phi) is 8.08. The number of para-hydroxylation sites is 1. The minimum Gasteiger partial charge on any atom is -0.452 e. The molecule has 9 heteroatoms. The number of anilines is 1. The molecule has 33 heavy (non-hydrogen) atoms. The van der Waals surface area contributed by atoms with E-state index >= 15 is 0 Å². The molecule has 7 nitrogen and oxygen atoms in total. The number of halogens is 1. The monoisotopic (exact) mass is 486 g/mol. The van der Waals surface area contributed by atoms with Crippen molar-refractivity contribution in [3.63, 3.8) is 0 Å². The first-order chi connectivity index (χ1) is 15.8. The van der Waals surface area contributed by atoms with Gasteiger partial charge in [-0.1, -0.05) is 60.1 Å². The van der Waals surface area contributed by atoms with Gasteiger partial charge in [-0.15, -0.1) is 0 Å². The van der Waals surface area contributed by atoms with Crippen molar-refractivity contribution in [3.05, 3.63) is 95.0 Å². The molecule has 0 aromatic heterocycles. The van der Waals surface area contributed by atoms with Crippen molar-refractivity contribution in [2.45, 2.75) is 18.4 Å². The Morgan fingerprint density at radius 1 is 0.970 bits per heavy atom. The topological polar surface area (TPSA) is 92.8 Å². The van der Waals surface area contributed by atoms with Crippen LogP contribution in [0.1, 0.15) is 22.8 Å². The number of carbonyl (C=O) groups excluding carboxylic acids is 2. The van der Waals surface area contributed by atoms with Crippen LogP contribution in [0.25, 0.3) is 0 Å². The van der Waals surface area contributed by atoms with Crippen molar-refractivity contribution in [1.29, 1.82) is 0 Å². The summed E-state index contributed by atoms with van der Waals surface area (Å²) in [5.41, 5.74) is 1.25. The van der Waals surface area contributed by atoms with Crippen LogP contribution in [0.3, 0.4) is 0 Å². The predicted octanol–water partition coefficient (Wildman–Crippen LogP) is 4.03. The van der Waals surface area contributed by atoms with E-state index in [1.807, 2.05) is 30.3 Å². The summed E-state index contributed by atoms with van der Waals surface area (Å²) in [6, 6.07) is 21.7. The van der Waals surface area contributed by atoms with E-state index in [1.54, 1.807) is 37.3 Å². The quantitative estimate of drug-likeness (QED) is 0.461. The van der Waals surface area contributed by atoms with Gasteiger partial charge in [-0.25, -0.2) is 13.2 Å². The zero-order valence-electron chi connectivity index (χ0n) is 17.9. The van der Waals surface area contributed by atoms with Crippen LogP contribution >= 0.6 is 11.6 Å². The number of ether oxygens (including phenoxy) is 1. The molecule has 0 saturated carbocycles. The molecule has 0 aliphatic heterocycles. The average molecular weight is 487 g/mol. The van der Waals surface area contributed by atoms with Gasteiger partial charge >= 0.3 is 5.97 Å². The number of benzene rings is 3. The molecule has 0 fully saturated rings. The van der Waals surface area contributed by atoms with Gasteiger partial charge in [0.1, 0.15) is 0 Å². The van der Waals surface area contributed by atoms with Crippen molar-refractivity contribution in [2.75, 3.05) is 17.5 Å². The van der Waals surface area contributed by atoms with Gasteiger partial charge in [0.15, 0.2) is 6.61 Å². The van der Waals surface area contributed by atoms with Crippen molar-refractivity contribution < 1.29 is 22.7 Å². The Labute approximate surface area is 198 Å². The molecule has 0 heterocycles. The molecule has 3 aromatic carbocycles. The van der Waals surface area contributed by atoms with E-state index in [0.717, 1.165) is 11.6 Å². The van der Waals surface area contributed by atoms with Crippen LogP contribution in [-0.2, 0) is 26.1 Å². The molecule has 0 radical (unpaired) electrons. The first-order valence-electron chi connectivity index (χ1n) is 10.2. The SMILES string of the molecule is CCN(c1ccccc1)S(=O)(=O)c1ccc(Cl)c(C(=O)OCC(=O)NCc2ccccc2)c1. The molecular weight excluding hydrogens is 464 g/mol. The maximum absolute atomic E-state index is 13.2. The van der Waals surface area contributed by atoms with Crippen LogP contribution in [0.15, 0.2) is 83.8 Å². The number of nitrogens with one attached hydrogen (secondary N) is 1. The van der Waals surface area contributed by atoms with Crippen LogP contribution in [-0.4, -0.2) is 33.4 Å². The Bertz CT molecular complexity index is 1220. The van der Waals surface area contributed by atoms with Gasteiger partial charge in [-0.2, -0.15) is 0 Å². The number of rotatable bonds is 9. The van der Waals surface area contributed by atoms with Gasteiger partial charge in [0.05, 0.1) is 21.2 Å². The lowest BCUT2D eigenvalue weighted by atomic mass is 10.2. The highest BCUT2D eigenvalue weighted by atomic mass is 35.5. The van der Waals surface area contributed by atoms with Gasteiger partial charge in [-0.3, -0.25) is 9.10 Å². The minimum absolute atomic E-state index is 0.0198. The molecule has 0 aliphatic rings. The van der Waals surface area contributed by atoms with Crippen molar-refractivity contribution in [1.82, 2.24) is 5.32 Å². The maximum Gasteiger partial charge on any atom is 0.340 e. The van der Waals surface area contributed by atoms with Crippen LogP contribution in [0.2, 0.25) is 5.02 Å². The highest BCUT2D eigenvalue weighted by molar-refractivity contribution is 7.92. The summed E-state index contributed by atoms with van der Waals surface area (Å²) < 4.78 is 32.7. The number of hydrogen-bond donors (Lipinski definition) is 1. The Morgan fingerprint density at radius 2 is 1.61 bits per heavy atom. The third-order valence-corrected chi connectivity index (χ3v) is 6.97.